The van der Waals surface area contributed by atoms with Crippen molar-refractivity contribution < 1.29 is 14.3 Å². The highest BCUT2D eigenvalue weighted by Gasteiger charge is 2.33. The Morgan fingerprint density at radius 1 is 1.32 bits per heavy atom. The van der Waals surface area contributed by atoms with Crippen LogP contribution in [-0.4, -0.2) is 42.4 Å². The van der Waals surface area contributed by atoms with Gasteiger partial charge in [0.2, 0.25) is 0 Å². The molecule has 0 spiro atoms. The summed E-state index contributed by atoms with van der Waals surface area (Å²) in [6.45, 7) is 3.73. The Bertz CT molecular complexity index is 1010. The Labute approximate surface area is 162 Å². The first-order valence-electron chi connectivity index (χ1n) is 9.74. The van der Waals surface area contributed by atoms with Gasteiger partial charge in [-0.2, -0.15) is 10.2 Å². The minimum Gasteiger partial charge on any atom is -0.460 e. The van der Waals surface area contributed by atoms with Gasteiger partial charge in [0.1, 0.15) is 17.6 Å². The maximum Gasteiger partial charge on any atom is 0.274 e. The monoisotopic (exact) mass is 381 g/mol. The Hall–Kier alpha value is -2.87. The summed E-state index contributed by atoms with van der Waals surface area (Å²) < 4.78 is 7.52. The van der Waals surface area contributed by atoms with Crippen LogP contribution in [0.4, 0.5) is 0 Å². The molecule has 28 heavy (non-hydrogen) atoms. The van der Waals surface area contributed by atoms with Crippen LogP contribution in [0.3, 0.4) is 0 Å². The summed E-state index contributed by atoms with van der Waals surface area (Å²) in [7, 11) is 0. The minimum atomic E-state index is -0.491. The molecule has 0 radical (unpaired) electrons. The third kappa shape index (κ3) is 3.13. The molecule has 1 aliphatic carbocycles. The van der Waals surface area contributed by atoms with Crippen molar-refractivity contribution in [2.24, 2.45) is 5.92 Å². The molecule has 1 atom stereocenters. The van der Waals surface area contributed by atoms with Crippen molar-refractivity contribution in [2.75, 3.05) is 6.54 Å². The number of aryl methyl sites for hydroxylation is 2. The standard InChI is InChI=1S/C20H23N5O3/c1-12-3-6-18(28-12)15-10-17(22-21-15)20(27)24-7-2-8-25-14(11-24)9-16(23-25)19(26)13-4-5-13/h3,6,9-10,13,19,26H,2,4-5,7-8,11H2,1H3,(H,21,22). The molecule has 5 rings (SSSR count). The van der Waals surface area contributed by atoms with Crippen LogP contribution in [0.5, 0.6) is 0 Å². The van der Waals surface area contributed by atoms with Gasteiger partial charge in [-0.25, -0.2) is 0 Å². The van der Waals surface area contributed by atoms with E-state index in [4.69, 9.17) is 4.42 Å². The van der Waals surface area contributed by atoms with Crippen molar-refractivity contribution in [1.82, 2.24) is 24.9 Å². The van der Waals surface area contributed by atoms with Gasteiger partial charge in [0.25, 0.3) is 5.91 Å². The fourth-order valence-electron chi connectivity index (χ4n) is 3.75. The van der Waals surface area contributed by atoms with E-state index in [2.05, 4.69) is 15.3 Å². The molecule has 4 heterocycles. The number of H-pyrrole nitrogens is 1. The predicted molar refractivity (Wildman–Crippen MR) is 100 cm³/mol. The number of hydrogen-bond acceptors (Lipinski definition) is 5. The van der Waals surface area contributed by atoms with Gasteiger partial charge in [-0.05, 0) is 50.3 Å². The summed E-state index contributed by atoms with van der Waals surface area (Å²) in [5.41, 5.74) is 2.74. The van der Waals surface area contributed by atoms with Crippen molar-refractivity contribution in [3.63, 3.8) is 0 Å². The van der Waals surface area contributed by atoms with E-state index in [1.807, 2.05) is 29.8 Å². The maximum atomic E-state index is 13.0. The van der Waals surface area contributed by atoms with Crippen molar-refractivity contribution in [3.05, 3.63) is 47.1 Å². The van der Waals surface area contributed by atoms with Crippen molar-refractivity contribution in [1.29, 1.82) is 0 Å². The Morgan fingerprint density at radius 2 is 2.18 bits per heavy atom. The lowest BCUT2D eigenvalue weighted by Gasteiger charge is -2.18. The van der Waals surface area contributed by atoms with E-state index in [9.17, 15) is 9.90 Å². The number of amides is 1. The second-order valence-corrected chi connectivity index (χ2v) is 7.72. The molecule has 1 unspecified atom stereocenters. The number of nitrogens with zero attached hydrogens (tertiary/aromatic N) is 4. The van der Waals surface area contributed by atoms with E-state index in [0.29, 0.717) is 36.2 Å². The van der Waals surface area contributed by atoms with Crippen molar-refractivity contribution in [3.8, 4) is 11.5 Å². The number of rotatable bonds is 4. The van der Waals surface area contributed by atoms with Gasteiger partial charge in [-0.3, -0.25) is 14.6 Å². The molecular formula is C20H23N5O3. The van der Waals surface area contributed by atoms with E-state index < -0.39 is 6.10 Å². The number of hydrogen-bond donors (Lipinski definition) is 2. The topological polar surface area (TPSA) is 100 Å². The van der Waals surface area contributed by atoms with Crippen LogP contribution in [0.1, 0.15) is 53.0 Å². The molecule has 2 aliphatic rings. The molecular weight excluding hydrogens is 358 g/mol. The summed E-state index contributed by atoms with van der Waals surface area (Å²) in [5.74, 6) is 1.69. The summed E-state index contributed by atoms with van der Waals surface area (Å²) in [4.78, 5) is 14.8. The molecule has 2 N–H and O–H groups in total. The van der Waals surface area contributed by atoms with Crippen molar-refractivity contribution in [2.45, 2.75) is 45.4 Å². The van der Waals surface area contributed by atoms with E-state index in [0.717, 1.165) is 43.0 Å². The molecule has 3 aromatic rings. The predicted octanol–water partition coefficient (Wildman–Crippen LogP) is 2.66. The summed E-state index contributed by atoms with van der Waals surface area (Å²) in [6.07, 6.45) is 2.44. The lowest BCUT2D eigenvalue weighted by Crippen LogP contribution is -2.31. The second-order valence-electron chi connectivity index (χ2n) is 7.72. The van der Waals surface area contributed by atoms with Gasteiger partial charge < -0.3 is 14.4 Å². The van der Waals surface area contributed by atoms with E-state index >= 15 is 0 Å². The van der Waals surface area contributed by atoms with Crippen LogP contribution >= 0.6 is 0 Å². The average molecular weight is 381 g/mol. The van der Waals surface area contributed by atoms with Gasteiger partial charge >= 0.3 is 0 Å². The summed E-state index contributed by atoms with van der Waals surface area (Å²) in [5, 5.41) is 22.0. The number of aliphatic hydroxyl groups is 1. The highest BCUT2D eigenvalue weighted by Crippen LogP contribution is 2.40. The number of aromatic amines is 1. The maximum absolute atomic E-state index is 13.0. The number of aliphatic hydroxyl groups excluding tert-OH is 1. The fourth-order valence-corrected chi connectivity index (χ4v) is 3.75. The zero-order chi connectivity index (χ0) is 19.3. The van der Waals surface area contributed by atoms with Crippen LogP contribution in [0.15, 0.2) is 28.7 Å². The van der Waals surface area contributed by atoms with Crippen LogP contribution in [0.2, 0.25) is 0 Å². The van der Waals surface area contributed by atoms with Gasteiger partial charge in [0.05, 0.1) is 17.9 Å². The molecule has 3 aromatic heterocycles. The number of fused-ring (bicyclic) bond motifs is 1. The van der Waals surface area contributed by atoms with Gasteiger partial charge in [-0.15, -0.1) is 0 Å². The lowest BCUT2D eigenvalue weighted by atomic mass is 10.1. The zero-order valence-electron chi connectivity index (χ0n) is 15.8. The highest BCUT2D eigenvalue weighted by atomic mass is 16.3. The van der Waals surface area contributed by atoms with Gasteiger partial charge in [-0.1, -0.05) is 0 Å². The van der Waals surface area contributed by atoms with Gasteiger partial charge in [0, 0.05) is 19.2 Å². The average Bonchev–Trinajstić information content (AvgIpc) is 3.13. The molecule has 0 bridgehead atoms. The number of nitrogens with one attached hydrogen (secondary N) is 1. The van der Waals surface area contributed by atoms with Crippen LogP contribution in [0, 0.1) is 12.8 Å². The Kier molecular flexibility index (Phi) is 4.08. The molecule has 0 aromatic carbocycles. The first-order chi connectivity index (χ1) is 13.6. The normalized spacial score (nSPS) is 18.0. The number of furan rings is 1. The van der Waals surface area contributed by atoms with Crippen LogP contribution < -0.4 is 0 Å². The zero-order valence-corrected chi connectivity index (χ0v) is 15.8. The third-order valence-corrected chi connectivity index (χ3v) is 5.49. The van der Waals surface area contributed by atoms with E-state index in [1.165, 1.54) is 0 Å². The molecule has 1 aliphatic heterocycles. The molecule has 1 amide bonds. The lowest BCUT2D eigenvalue weighted by molar-refractivity contribution is 0.0739. The fraction of sp³-hybridized carbons (Fsp3) is 0.450. The molecule has 146 valence electrons. The SMILES string of the molecule is Cc1ccc(-c2cc(C(=O)N3CCCn4nc(C(O)C5CC5)cc4C3)n[nH]2)o1. The summed E-state index contributed by atoms with van der Waals surface area (Å²) >= 11 is 0. The minimum absolute atomic E-state index is 0.121. The van der Waals surface area contributed by atoms with E-state index in [1.54, 1.807) is 11.0 Å². The molecule has 8 nitrogen and oxygen atoms in total. The number of aromatic nitrogens is 4. The third-order valence-electron chi connectivity index (χ3n) is 5.49. The molecule has 1 fully saturated rings. The molecule has 0 saturated heterocycles. The second kappa shape index (κ2) is 6.63. The quantitative estimate of drug-likeness (QED) is 0.724. The highest BCUT2D eigenvalue weighted by molar-refractivity contribution is 5.93. The first kappa shape index (κ1) is 17.2. The smallest absolute Gasteiger partial charge is 0.274 e. The Balaban J connectivity index is 1.35. The van der Waals surface area contributed by atoms with Gasteiger partial charge in [0.15, 0.2) is 11.5 Å². The largest absolute Gasteiger partial charge is 0.460 e. The van der Waals surface area contributed by atoms with E-state index in [-0.39, 0.29) is 5.91 Å². The van der Waals surface area contributed by atoms with Crippen LogP contribution in [0.25, 0.3) is 11.5 Å². The number of carbonyl (C=O) groups excluding carboxylic acids is 1. The first-order valence-corrected chi connectivity index (χ1v) is 9.74. The van der Waals surface area contributed by atoms with Crippen LogP contribution in [-0.2, 0) is 13.1 Å². The molecule has 8 heteroatoms. The molecule has 1 saturated carbocycles. The summed E-state index contributed by atoms with van der Waals surface area (Å²) in [6, 6.07) is 7.40. The van der Waals surface area contributed by atoms with Crippen molar-refractivity contribution >= 4 is 5.91 Å². The Morgan fingerprint density at radius 3 is 2.93 bits per heavy atom. The number of carbonyl (C=O) groups is 1.